The summed E-state index contributed by atoms with van der Waals surface area (Å²) in [5.41, 5.74) is 6.95. The van der Waals surface area contributed by atoms with Crippen molar-refractivity contribution in [3.8, 4) is 0 Å². The van der Waals surface area contributed by atoms with Crippen molar-refractivity contribution >= 4 is 29.2 Å². The number of nitrogens with zero attached hydrogens (tertiary/aromatic N) is 2. The summed E-state index contributed by atoms with van der Waals surface area (Å²) in [5, 5.41) is 0.510. The summed E-state index contributed by atoms with van der Waals surface area (Å²) < 4.78 is 5.03. The first-order valence-corrected chi connectivity index (χ1v) is 7.91. The maximum Gasteiger partial charge on any atom is 0.340 e. The molecule has 1 saturated heterocycles. The Balaban J connectivity index is 2.33. The number of hydrogen-bond donors (Lipinski definition) is 1. The number of ether oxygens (including phenoxy) is 1. The largest absolute Gasteiger partial charge is 0.462 e. The molecule has 0 radical (unpaired) electrons. The van der Waals surface area contributed by atoms with Crippen LogP contribution in [0, 0.1) is 0 Å². The fourth-order valence-corrected chi connectivity index (χ4v) is 3.41. The summed E-state index contributed by atoms with van der Waals surface area (Å²) in [4.78, 5) is 18.4. The Bertz CT molecular complexity index is 495. The number of anilines is 2. The van der Waals surface area contributed by atoms with Gasteiger partial charge >= 0.3 is 5.97 Å². The number of pyridine rings is 1. The minimum absolute atomic E-state index is 0.334. The second-order valence-corrected chi connectivity index (χ2v) is 6.31. The number of rotatable bonds is 3. The molecule has 1 aromatic rings. The predicted molar refractivity (Wildman–Crippen MR) is 83.3 cm³/mol. The minimum Gasteiger partial charge on any atom is -0.462 e. The molecule has 2 heterocycles. The molecule has 20 heavy (non-hydrogen) atoms. The first-order chi connectivity index (χ1) is 9.56. The van der Waals surface area contributed by atoms with Crippen LogP contribution in [0.15, 0.2) is 12.3 Å². The molecule has 1 aliphatic heterocycles. The molecule has 0 aliphatic carbocycles. The zero-order valence-electron chi connectivity index (χ0n) is 12.1. The Morgan fingerprint density at radius 1 is 1.60 bits per heavy atom. The van der Waals surface area contributed by atoms with Gasteiger partial charge in [0.05, 0.1) is 17.9 Å². The predicted octanol–water partition coefficient (Wildman–Crippen LogP) is 2.17. The number of esters is 1. The molecule has 2 atom stereocenters. The van der Waals surface area contributed by atoms with E-state index in [1.165, 1.54) is 0 Å². The summed E-state index contributed by atoms with van der Waals surface area (Å²) in [6.07, 6.45) is 1.62. The van der Waals surface area contributed by atoms with Gasteiger partial charge in [-0.1, -0.05) is 6.92 Å². The maximum atomic E-state index is 11.9. The van der Waals surface area contributed by atoms with Gasteiger partial charge in [-0.15, -0.1) is 0 Å². The lowest BCUT2D eigenvalue weighted by Crippen LogP contribution is -2.45. The third-order valence-corrected chi connectivity index (χ3v) is 4.96. The Labute approximate surface area is 123 Å². The van der Waals surface area contributed by atoms with Crippen LogP contribution in [0.25, 0.3) is 0 Å². The summed E-state index contributed by atoms with van der Waals surface area (Å²) >= 11 is 1.95. The van der Waals surface area contributed by atoms with Crippen molar-refractivity contribution in [3.63, 3.8) is 0 Å². The van der Waals surface area contributed by atoms with Gasteiger partial charge in [0.1, 0.15) is 0 Å². The van der Waals surface area contributed by atoms with Crippen molar-refractivity contribution in [2.75, 3.05) is 29.5 Å². The maximum absolute atomic E-state index is 11.9. The molecule has 1 aromatic heterocycles. The van der Waals surface area contributed by atoms with Crippen LogP contribution in [0.3, 0.4) is 0 Å². The summed E-state index contributed by atoms with van der Waals surface area (Å²) in [6.45, 7) is 7.37. The van der Waals surface area contributed by atoms with Crippen LogP contribution in [0.1, 0.15) is 31.1 Å². The van der Waals surface area contributed by atoms with Crippen LogP contribution in [-0.4, -0.2) is 41.1 Å². The molecule has 0 spiro atoms. The van der Waals surface area contributed by atoms with E-state index in [2.05, 4.69) is 23.7 Å². The van der Waals surface area contributed by atoms with E-state index >= 15 is 0 Å². The van der Waals surface area contributed by atoms with Gasteiger partial charge in [-0.2, -0.15) is 11.8 Å². The standard InChI is InChI=1S/C14H21N3O2S/c1-4-19-14(18)11-5-6-16-13(12(11)15)17-7-8-20-10(3)9(17)2/h5-6,9-10H,4,7-8,15H2,1-3H3. The Kier molecular flexibility index (Phi) is 4.75. The fourth-order valence-electron chi connectivity index (χ4n) is 2.31. The van der Waals surface area contributed by atoms with Crippen molar-refractivity contribution in [2.45, 2.75) is 32.1 Å². The summed E-state index contributed by atoms with van der Waals surface area (Å²) in [5.74, 6) is 1.34. The lowest BCUT2D eigenvalue weighted by Gasteiger charge is -2.38. The van der Waals surface area contributed by atoms with Crippen LogP contribution >= 0.6 is 11.8 Å². The number of nitrogen functional groups attached to an aromatic ring is 1. The van der Waals surface area contributed by atoms with Crippen molar-refractivity contribution in [1.29, 1.82) is 0 Å². The Morgan fingerprint density at radius 3 is 3.05 bits per heavy atom. The lowest BCUT2D eigenvalue weighted by molar-refractivity contribution is 0.0527. The molecule has 0 aromatic carbocycles. The van der Waals surface area contributed by atoms with E-state index in [0.717, 1.165) is 12.3 Å². The van der Waals surface area contributed by atoms with E-state index < -0.39 is 0 Å². The molecular weight excluding hydrogens is 274 g/mol. The smallest absolute Gasteiger partial charge is 0.340 e. The highest BCUT2D eigenvalue weighted by atomic mass is 32.2. The Hall–Kier alpha value is -1.43. The molecule has 0 amide bonds. The third kappa shape index (κ3) is 2.85. The van der Waals surface area contributed by atoms with Crippen LogP contribution in [-0.2, 0) is 4.74 Å². The van der Waals surface area contributed by atoms with Gasteiger partial charge in [-0.25, -0.2) is 9.78 Å². The molecule has 0 bridgehead atoms. The molecule has 110 valence electrons. The molecule has 0 saturated carbocycles. The minimum atomic E-state index is -0.388. The number of carbonyl (C=O) groups is 1. The van der Waals surface area contributed by atoms with Gasteiger partial charge in [0.25, 0.3) is 0 Å². The SMILES string of the molecule is CCOC(=O)c1ccnc(N2CCSC(C)C2C)c1N. The van der Waals surface area contributed by atoms with E-state index in [-0.39, 0.29) is 5.97 Å². The number of thioether (sulfide) groups is 1. The van der Waals surface area contributed by atoms with E-state index in [9.17, 15) is 4.79 Å². The molecule has 5 nitrogen and oxygen atoms in total. The van der Waals surface area contributed by atoms with Crippen molar-refractivity contribution in [3.05, 3.63) is 17.8 Å². The second kappa shape index (κ2) is 6.35. The van der Waals surface area contributed by atoms with Crippen LogP contribution < -0.4 is 10.6 Å². The van der Waals surface area contributed by atoms with E-state index in [1.807, 2.05) is 11.8 Å². The van der Waals surface area contributed by atoms with Crippen LogP contribution in [0.4, 0.5) is 11.5 Å². The van der Waals surface area contributed by atoms with Gasteiger partial charge < -0.3 is 15.4 Å². The van der Waals surface area contributed by atoms with Crippen LogP contribution in [0.5, 0.6) is 0 Å². The van der Waals surface area contributed by atoms with Crippen molar-refractivity contribution < 1.29 is 9.53 Å². The highest BCUT2D eigenvalue weighted by molar-refractivity contribution is 8.00. The highest BCUT2D eigenvalue weighted by Crippen LogP contribution is 2.32. The molecule has 2 rings (SSSR count). The second-order valence-electron chi connectivity index (χ2n) is 4.83. The highest BCUT2D eigenvalue weighted by Gasteiger charge is 2.28. The number of aromatic nitrogens is 1. The third-order valence-electron chi connectivity index (χ3n) is 3.62. The van der Waals surface area contributed by atoms with Crippen molar-refractivity contribution in [1.82, 2.24) is 4.98 Å². The van der Waals surface area contributed by atoms with E-state index in [4.69, 9.17) is 10.5 Å². The summed E-state index contributed by atoms with van der Waals surface area (Å²) in [7, 11) is 0. The van der Waals surface area contributed by atoms with Gasteiger partial charge in [-0.3, -0.25) is 0 Å². The zero-order valence-corrected chi connectivity index (χ0v) is 12.9. The number of hydrogen-bond acceptors (Lipinski definition) is 6. The summed E-state index contributed by atoms with van der Waals surface area (Å²) in [6, 6.07) is 1.95. The quantitative estimate of drug-likeness (QED) is 0.862. The first-order valence-electron chi connectivity index (χ1n) is 6.86. The average Bonchev–Trinajstić information content (AvgIpc) is 2.43. The molecule has 1 fully saturated rings. The topological polar surface area (TPSA) is 68.5 Å². The van der Waals surface area contributed by atoms with Crippen LogP contribution in [0.2, 0.25) is 0 Å². The number of carbonyl (C=O) groups excluding carboxylic acids is 1. The molecule has 2 N–H and O–H groups in total. The fraction of sp³-hybridized carbons (Fsp3) is 0.571. The molecular formula is C14H21N3O2S. The Morgan fingerprint density at radius 2 is 2.35 bits per heavy atom. The average molecular weight is 295 g/mol. The zero-order chi connectivity index (χ0) is 14.7. The first kappa shape index (κ1) is 15.0. The molecule has 2 unspecified atom stereocenters. The lowest BCUT2D eigenvalue weighted by atomic mass is 10.1. The van der Waals surface area contributed by atoms with Gasteiger partial charge in [0.15, 0.2) is 5.82 Å². The van der Waals surface area contributed by atoms with Gasteiger partial charge in [0.2, 0.25) is 0 Å². The normalized spacial score (nSPS) is 22.6. The van der Waals surface area contributed by atoms with E-state index in [0.29, 0.717) is 35.0 Å². The van der Waals surface area contributed by atoms with Gasteiger partial charge in [0, 0.05) is 29.8 Å². The molecule has 6 heteroatoms. The van der Waals surface area contributed by atoms with E-state index in [1.54, 1.807) is 19.2 Å². The van der Waals surface area contributed by atoms with Gasteiger partial charge in [-0.05, 0) is 19.9 Å². The van der Waals surface area contributed by atoms with Crippen molar-refractivity contribution in [2.24, 2.45) is 0 Å². The molecule has 1 aliphatic rings. The number of nitrogens with two attached hydrogens (primary N) is 1. The monoisotopic (exact) mass is 295 g/mol.